The highest BCUT2D eigenvalue weighted by molar-refractivity contribution is 6.39. The second kappa shape index (κ2) is 5.40. The van der Waals surface area contributed by atoms with Crippen LogP contribution >= 0.6 is 0 Å². The number of nitrogens with zero attached hydrogens (tertiary/aromatic N) is 3. The van der Waals surface area contributed by atoms with E-state index in [4.69, 9.17) is 0 Å². The third-order valence-corrected chi connectivity index (χ3v) is 5.17. The fourth-order valence-electron chi connectivity index (χ4n) is 3.76. The van der Waals surface area contributed by atoms with Crippen molar-refractivity contribution in [2.24, 2.45) is 11.0 Å². The number of hydrazone groups is 1. The summed E-state index contributed by atoms with van der Waals surface area (Å²) in [6.45, 7) is 1.20. The minimum absolute atomic E-state index is 0.0492. The van der Waals surface area contributed by atoms with Gasteiger partial charge in [-0.15, -0.1) is 0 Å². The molecule has 21 heavy (non-hydrogen) atoms. The topological polar surface area (TPSA) is 73.2 Å². The Morgan fingerprint density at radius 2 is 2.14 bits per heavy atom. The van der Waals surface area contributed by atoms with Gasteiger partial charge in [-0.2, -0.15) is 5.10 Å². The molecule has 0 aromatic heterocycles. The quantitative estimate of drug-likeness (QED) is 0.775. The molecule has 0 bridgehead atoms. The monoisotopic (exact) mass is 293 g/mol. The van der Waals surface area contributed by atoms with E-state index in [9.17, 15) is 14.7 Å². The predicted molar refractivity (Wildman–Crippen MR) is 77.5 cm³/mol. The van der Waals surface area contributed by atoms with Crippen LogP contribution in [0.1, 0.15) is 44.9 Å². The molecule has 2 heterocycles. The zero-order valence-corrected chi connectivity index (χ0v) is 12.5. The largest absolute Gasteiger partial charge is 0.389 e. The Morgan fingerprint density at radius 3 is 2.90 bits per heavy atom. The van der Waals surface area contributed by atoms with E-state index >= 15 is 0 Å². The molecule has 3 aliphatic rings. The molecule has 0 spiro atoms. The van der Waals surface area contributed by atoms with Gasteiger partial charge in [0, 0.05) is 38.9 Å². The molecule has 6 heteroatoms. The van der Waals surface area contributed by atoms with Crippen molar-refractivity contribution < 1.29 is 14.7 Å². The van der Waals surface area contributed by atoms with E-state index in [2.05, 4.69) is 5.10 Å². The fourth-order valence-corrected chi connectivity index (χ4v) is 3.76. The lowest BCUT2D eigenvalue weighted by atomic mass is 9.71. The molecule has 116 valence electrons. The zero-order chi connectivity index (χ0) is 15.0. The van der Waals surface area contributed by atoms with Gasteiger partial charge in [0.05, 0.1) is 5.60 Å². The number of rotatable bonds is 1. The Morgan fingerprint density at radius 1 is 1.33 bits per heavy atom. The average Bonchev–Trinajstić information content (AvgIpc) is 2.48. The second-order valence-electron chi connectivity index (χ2n) is 6.51. The van der Waals surface area contributed by atoms with E-state index in [0.717, 1.165) is 25.7 Å². The van der Waals surface area contributed by atoms with Crippen LogP contribution in [0.25, 0.3) is 0 Å². The van der Waals surface area contributed by atoms with Crippen LogP contribution in [0.15, 0.2) is 5.10 Å². The number of amides is 2. The van der Waals surface area contributed by atoms with Gasteiger partial charge < -0.3 is 10.0 Å². The molecule has 0 aromatic rings. The molecule has 2 amide bonds. The van der Waals surface area contributed by atoms with Crippen molar-refractivity contribution in [1.82, 2.24) is 9.91 Å². The van der Waals surface area contributed by atoms with Crippen molar-refractivity contribution >= 4 is 17.5 Å². The molecule has 2 unspecified atom stereocenters. The van der Waals surface area contributed by atoms with Crippen LogP contribution in [0.2, 0.25) is 0 Å². The zero-order valence-electron chi connectivity index (χ0n) is 12.5. The predicted octanol–water partition coefficient (Wildman–Crippen LogP) is 0.748. The number of carbonyl (C=O) groups excluding carboxylic acids is 2. The van der Waals surface area contributed by atoms with Crippen molar-refractivity contribution in [3.8, 4) is 0 Å². The molecule has 1 saturated carbocycles. The van der Waals surface area contributed by atoms with Crippen LogP contribution < -0.4 is 0 Å². The van der Waals surface area contributed by atoms with Crippen molar-refractivity contribution in [2.75, 3.05) is 20.1 Å². The van der Waals surface area contributed by atoms with Crippen molar-refractivity contribution in [2.45, 2.75) is 50.5 Å². The van der Waals surface area contributed by atoms with Gasteiger partial charge in [-0.1, -0.05) is 12.8 Å². The summed E-state index contributed by atoms with van der Waals surface area (Å²) in [6.07, 6.45) is 5.50. The molecule has 3 rings (SSSR count). The number of hydrogen-bond donors (Lipinski definition) is 1. The number of aliphatic hydroxyl groups is 1. The molecule has 6 nitrogen and oxygen atoms in total. The smallest absolute Gasteiger partial charge is 0.270 e. The summed E-state index contributed by atoms with van der Waals surface area (Å²) in [5.74, 6) is 0.0707. The summed E-state index contributed by atoms with van der Waals surface area (Å²) < 4.78 is 0. The van der Waals surface area contributed by atoms with E-state index in [0.29, 0.717) is 38.1 Å². The Labute approximate surface area is 124 Å². The van der Waals surface area contributed by atoms with E-state index in [1.165, 1.54) is 5.01 Å². The Kier molecular flexibility index (Phi) is 3.73. The van der Waals surface area contributed by atoms with Crippen LogP contribution in [-0.4, -0.2) is 58.3 Å². The van der Waals surface area contributed by atoms with Crippen LogP contribution in [-0.2, 0) is 9.59 Å². The molecular formula is C15H23N3O3. The molecule has 1 N–H and O–H groups in total. The summed E-state index contributed by atoms with van der Waals surface area (Å²) in [7, 11) is 1.59. The van der Waals surface area contributed by atoms with Gasteiger partial charge in [0.15, 0.2) is 0 Å². The highest BCUT2D eigenvalue weighted by atomic mass is 16.3. The van der Waals surface area contributed by atoms with Crippen molar-refractivity contribution in [1.29, 1.82) is 0 Å². The summed E-state index contributed by atoms with van der Waals surface area (Å²) >= 11 is 0. The molecule has 0 radical (unpaired) electrons. The average molecular weight is 293 g/mol. The van der Waals surface area contributed by atoms with Gasteiger partial charge in [-0.25, -0.2) is 5.01 Å². The highest BCUT2D eigenvalue weighted by Crippen LogP contribution is 2.39. The lowest BCUT2D eigenvalue weighted by Crippen LogP contribution is -2.56. The highest BCUT2D eigenvalue weighted by Gasteiger charge is 2.44. The fraction of sp³-hybridized carbons (Fsp3) is 0.800. The molecule has 2 aliphatic heterocycles. The van der Waals surface area contributed by atoms with Crippen LogP contribution in [0.3, 0.4) is 0 Å². The summed E-state index contributed by atoms with van der Waals surface area (Å²) in [4.78, 5) is 25.8. The van der Waals surface area contributed by atoms with Crippen LogP contribution in [0.4, 0.5) is 0 Å². The number of piperidine rings is 1. The van der Waals surface area contributed by atoms with Gasteiger partial charge >= 0.3 is 0 Å². The lowest BCUT2D eigenvalue weighted by Gasteiger charge is -2.47. The Balaban J connectivity index is 1.69. The lowest BCUT2D eigenvalue weighted by molar-refractivity contribution is -0.137. The first kappa shape index (κ1) is 14.5. The first-order valence-electron chi connectivity index (χ1n) is 7.85. The summed E-state index contributed by atoms with van der Waals surface area (Å²) in [6, 6.07) is 0. The van der Waals surface area contributed by atoms with Gasteiger partial charge in [0.2, 0.25) is 5.91 Å². The standard InChI is InChI=1S/C15H23N3O3/c1-17-13(19)6-5-12(16-17)14(20)18-9-8-15(21)7-3-2-4-11(15)10-18/h11,21H,2-10H2,1H3. The molecule has 1 saturated heterocycles. The minimum Gasteiger partial charge on any atom is -0.389 e. The SMILES string of the molecule is CN1N=C(C(=O)N2CCC3(O)CCCCC3C2)CCC1=O. The molecule has 0 aromatic carbocycles. The van der Waals surface area contributed by atoms with Gasteiger partial charge in [-0.3, -0.25) is 9.59 Å². The maximum absolute atomic E-state index is 12.6. The molecule has 2 fully saturated rings. The third-order valence-electron chi connectivity index (χ3n) is 5.17. The number of likely N-dealkylation sites (tertiary alicyclic amines) is 1. The summed E-state index contributed by atoms with van der Waals surface area (Å²) in [5.41, 5.74) is -0.103. The van der Waals surface area contributed by atoms with E-state index in [-0.39, 0.29) is 17.7 Å². The van der Waals surface area contributed by atoms with Gasteiger partial charge in [0.25, 0.3) is 5.91 Å². The first-order chi connectivity index (χ1) is 9.99. The molecular weight excluding hydrogens is 270 g/mol. The van der Waals surface area contributed by atoms with E-state index in [1.807, 2.05) is 4.90 Å². The molecule has 1 aliphatic carbocycles. The van der Waals surface area contributed by atoms with E-state index < -0.39 is 5.60 Å². The maximum Gasteiger partial charge on any atom is 0.270 e. The number of carbonyl (C=O) groups is 2. The Bertz CT molecular complexity index is 491. The third kappa shape index (κ3) is 2.69. The van der Waals surface area contributed by atoms with Gasteiger partial charge in [-0.05, 0) is 19.3 Å². The van der Waals surface area contributed by atoms with Gasteiger partial charge in [0.1, 0.15) is 5.71 Å². The first-order valence-corrected chi connectivity index (χ1v) is 7.85. The van der Waals surface area contributed by atoms with E-state index in [1.54, 1.807) is 7.05 Å². The number of fused-ring (bicyclic) bond motifs is 1. The minimum atomic E-state index is -0.573. The Hall–Kier alpha value is -1.43. The maximum atomic E-state index is 12.6. The molecule has 2 atom stereocenters. The van der Waals surface area contributed by atoms with Crippen molar-refractivity contribution in [3.05, 3.63) is 0 Å². The van der Waals surface area contributed by atoms with Crippen molar-refractivity contribution in [3.63, 3.8) is 0 Å². The summed E-state index contributed by atoms with van der Waals surface area (Å²) in [5, 5.41) is 16.0. The number of hydrogen-bond acceptors (Lipinski definition) is 4. The normalized spacial score (nSPS) is 33.5. The second-order valence-corrected chi connectivity index (χ2v) is 6.51. The van der Waals surface area contributed by atoms with Crippen LogP contribution in [0.5, 0.6) is 0 Å². The van der Waals surface area contributed by atoms with Crippen LogP contribution in [0, 0.1) is 5.92 Å².